The van der Waals surface area contributed by atoms with Gasteiger partial charge in [0.1, 0.15) is 0 Å². The zero-order valence-corrected chi connectivity index (χ0v) is 11.8. The standard InChI is InChI=1S/C12H21N3O2S/c1-4-12(3,5-2)15-10-6-9(13)7-11(8-10)18(14,16)17/h6-8,15H,4-5,13H2,1-3H3,(H2,14,16,17). The van der Waals surface area contributed by atoms with Crippen LogP contribution in [0.2, 0.25) is 0 Å². The van der Waals surface area contributed by atoms with E-state index in [9.17, 15) is 8.42 Å². The second-order valence-corrected chi connectivity index (χ2v) is 6.29. The van der Waals surface area contributed by atoms with Crippen LogP contribution in [-0.2, 0) is 10.0 Å². The third-order valence-corrected chi connectivity index (χ3v) is 4.16. The molecule has 0 unspecified atom stereocenters. The quantitative estimate of drug-likeness (QED) is 0.712. The van der Waals surface area contributed by atoms with E-state index in [0.29, 0.717) is 11.4 Å². The first-order chi connectivity index (χ1) is 8.20. The van der Waals surface area contributed by atoms with Gasteiger partial charge in [0.25, 0.3) is 0 Å². The van der Waals surface area contributed by atoms with Crippen molar-refractivity contribution in [2.24, 2.45) is 5.14 Å². The molecule has 0 aliphatic heterocycles. The van der Waals surface area contributed by atoms with E-state index in [1.807, 2.05) is 0 Å². The lowest BCUT2D eigenvalue weighted by Gasteiger charge is -2.29. The predicted molar refractivity (Wildman–Crippen MR) is 74.8 cm³/mol. The molecule has 0 aromatic heterocycles. The second-order valence-electron chi connectivity index (χ2n) is 4.73. The molecule has 1 aromatic rings. The highest BCUT2D eigenvalue weighted by Gasteiger charge is 2.20. The van der Waals surface area contributed by atoms with Gasteiger partial charge in [0.05, 0.1) is 4.90 Å². The van der Waals surface area contributed by atoms with Gasteiger partial charge >= 0.3 is 0 Å². The number of nitrogen functional groups attached to an aromatic ring is 1. The minimum Gasteiger partial charge on any atom is -0.399 e. The Balaban J connectivity index is 3.16. The summed E-state index contributed by atoms with van der Waals surface area (Å²) in [6, 6.07) is 4.57. The van der Waals surface area contributed by atoms with Gasteiger partial charge in [-0.1, -0.05) is 13.8 Å². The van der Waals surface area contributed by atoms with Crippen LogP contribution in [0.25, 0.3) is 0 Å². The summed E-state index contributed by atoms with van der Waals surface area (Å²) < 4.78 is 22.7. The molecule has 0 atom stereocenters. The molecule has 6 heteroatoms. The summed E-state index contributed by atoms with van der Waals surface area (Å²) in [6.07, 6.45) is 1.84. The number of hydrogen-bond donors (Lipinski definition) is 3. The summed E-state index contributed by atoms with van der Waals surface area (Å²) in [5, 5.41) is 8.42. The maximum Gasteiger partial charge on any atom is 0.238 e. The highest BCUT2D eigenvalue weighted by molar-refractivity contribution is 7.89. The van der Waals surface area contributed by atoms with Gasteiger partial charge in [-0.25, -0.2) is 13.6 Å². The summed E-state index contributed by atoms with van der Waals surface area (Å²) in [5.74, 6) is 0. The smallest absolute Gasteiger partial charge is 0.238 e. The Bertz CT molecular complexity index is 522. The summed E-state index contributed by atoms with van der Waals surface area (Å²) in [5.41, 5.74) is 6.65. The maximum atomic E-state index is 11.3. The first-order valence-electron chi connectivity index (χ1n) is 5.92. The molecule has 0 saturated heterocycles. The van der Waals surface area contributed by atoms with Gasteiger partial charge in [0.2, 0.25) is 10.0 Å². The fourth-order valence-electron chi connectivity index (χ4n) is 1.63. The minimum absolute atomic E-state index is 0.0274. The number of hydrogen-bond acceptors (Lipinski definition) is 4. The Hall–Kier alpha value is -1.27. The molecule has 0 bridgehead atoms. The zero-order valence-electron chi connectivity index (χ0n) is 11.0. The van der Waals surface area contributed by atoms with Crippen molar-refractivity contribution in [2.75, 3.05) is 11.1 Å². The molecule has 0 amide bonds. The van der Waals surface area contributed by atoms with E-state index in [1.165, 1.54) is 12.1 Å². The van der Waals surface area contributed by atoms with E-state index in [1.54, 1.807) is 6.07 Å². The zero-order chi connectivity index (χ0) is 14.0. The lowest BCUT2D eigenvalue weighted by molar-refractivity contribution is 0.478. The number of nitrogens with one attached hydrogen (secondary N) is 1. The van der Waals surface area contributed by atoms with Crippen LogP contribution in [-0.4, -0.2) is 14.0 Å². The molecular formula is C12H21N3O2S. The van der Waals surface area contributed by atoms with E-state index in [4.69, 9.17) is 10.9 Å². The van der Waals surface area contributed by atoms with Crippen LogP contribution in [0.3, 0.4) is 0 Å². The lowest BCUT2D eigenvalue weighted by Crippen LogP contribution is -2.33. The number of nitrogens with two attached hydrogens (primary N) is 2. The van der Waals surface area contributed by atoms with Gasteiger partial charge in [-0.2, -0.15) is 0 Å². The molecule has 0 aliphatic rings. The molecular weight excluding hydrogens is 250 g/mol. The van der Waals surface area contributed by atoms with Gasteiger partial charge in [-0.05, 0) is 38.0 Å². The average molecular weight is 271 g/mol. The van der Waals surface area contributed by atoms with Crippen molar-refractivity contribution in [2.45, 2.75) is 44.0 Å². The highest BCUT2D eigenvalue weighted by atomic mass is 32.2. The molecule has 0 saturated carbocycles. The van der Waals surface area contributed by atoms with Crippen molar-refractivity contribution in [3.05, 3.63) is 18.2 Å². The molecule has 0 spiro atoms. The minimum atomic E-state index is -3.74. The summed E-state index contributed by atoms with van der Waals surface area (Å²) in [6.45, 7) is 6.22. The molecule has 0 aliphatic carbocycles. The van der Waals surface area contributed by atoms with Crippen LogP contribution in [0, 0.1) is 0 Å². The second kappa shape index (κ2) is 5.16. The Morgan fingerprint density at radius 3 is 2.22 bits per heavy atom. The Morgan fingerprint density at radius 1 is 1.22 bits per heavy atom. The van der Waals surface area contributed by atoms with Crippen molar-refractivity contribution >= 4 is 21.4 Å². The molecule has 5 nitrogen and oxygen atoms in total. The molecule has 0 radical (unpaired) electrons. The van der Waals surface area contributed by atoms with Gasteiger partial charge in [0.15, 0.2) is 0 Å². The number of benzene rings is 1. The third-order valence-electron chi connectivity index (χ3n) is 3.26. The van der Waals surface area contributed by atoms with E-state index in [0.717, 1.165) is 12.8 Å². The molecule has 102 valence electrons. The summed E-state index contributed by atoms with van der Waals surface area (Å²) >= 11 is 0. The third kappa shape index (κ3) is 3.61. The molecule has 0 heterocycles. The Labute approximate surface area is 109 Å². The van der Waals surface area contributed by atoms with Crippen molar-refractivity contribution in [1.29, 1.82) is 0 Å². The molecule has 1 aromatic carbocycles. The number of primary sulfonamides is 1. The van der Waals surface area contributed by atoms with E-state index in [-0.39, 0.29) is 10.4 Å². The molecule has 0 fully saturated rings. The predicted octanol–water partition coefficient (Wildman–Crippen LogP) is 1.91. The SMILES string of the molecule is CCC(C)(CC)Nc1cc(N)cc(S(N)(=O)=O)c1. The monoisotopic (exact) mass is 271 g/mol. The molecule has 18 heavy (non-hydrogen) atoms. The van der Waals surface area contributed by atoms with Crippen LogP contribution in [0.15, 0.2) is 23.1 Å². The number of rotatable bonds is 5. The highest BCUT2D eigenvalue weighted by Crippen LogP contribution is 2.25. The number of sulfonamides is 1. The lowest BCUT2D eigenvalue weighted by atomic mass is 9.95. The van der Waals surface area contributed by atoms with Crippen LogP contribution in [0.1, 0.15) is 33.6 Å². The Morgan fingerprint density at radius 2 is 1.78 bits per heavy atom. The molecule has 1 rings (SSSR count). The Kier molecular flexibility index (Phi) is 4.24. The van der Waals surface area contributed by atoms with Crippen molar-refractivity contribution < 1.29 is 8.42 Å². The normalized spacial score (nSPS) is 12.4. The maximum absolute atomic E-state index is 11.3. The summed E-state index contributed by atoms with van der Waals surface area (Å²) in [4.78, 5) is 0.0274. The first kappa shape index (κ1) is 14.8. The van der Waals surface area contributed by atoms with Gasteiger partial charge < -0.3 is 11.1 Å². The van der Waals surface area contributed by atoms with E-state index in [2.05, 4.69) is 26.1 Å². The van der Waals surface area contributed by atoms with E-state index < -0.39 is 10.0 Å². The van der Waals surface area contributed by atoms with Gasteiger partial charge in [-0.3, -0.25) is 0 Å². The fraction of sp³-hybridized carbons (Fsp3) is 0.500. The molecule has 5 N–H and O–H groups in total. The van der Waals surface area contributed by atoms with Crippen molar-refractivity contribution in [1.82, 2.24) is 0 Å². The first-order valence-corrected chi connectivity index (χ1v) is 7.46. The number of anilines is 2. The largest absolute Gasteiger partial charge is 0.399 e. The van der Waals surface area contributed by atoms with Crippen LogP contribution in [0.5, 0.6) is 0 Å². The summed E-state index contributed by atoms with van der Waals surface area (Å²) in [7, 11) is -3.74. The van der Waals surface area contributed by atoms with E-state index >= 15 is 0 Å². The average Bonchev–Trinajstić information content (AvgIpc) is 2.27. The van der Waals surface area contributed by atoms with Gasteiger partial charge in [0, 0.05) is 16.9 Å². The van der Waals surface area contributed by atoms with Crippen LogP contribution >= 0.6 is 0 Å². The fourth-order valence-corrected chi connectivity index (χ4v) is 2.23. The topological polar surface area (TPSA) is 98.2 Å². The van der Waals surface area contributed by atoms with Crippen molar-refractivity contribution in [3.8, 4) is 0 Å². The van der Waals surface area contributed by atoms with Crippen LogP contribution in [0.4, 0.5) is 11.4 Å². The van der Waals surface area contributed by atoms with Crippen molar-refractivity contribution in [3.63, 3.8) is 0 Å². The van der Waals surface area contributed by atoms with Crippen LogP contribution < -0.4 is 16.2 Å². The van der Waals surface area contributed by atoms with Gasteiger partial charge in [-0.15, -0.1) is 0 Å².